The SMILES string of the molecule is CC(=O)C1CC(C(F)(F)F)=CC=C1Oc1ccccc1OC(F)(F)F. The van der Waals surface area contributed by atoms with E-state index in [1.54, 1.807) is 0 Å². The van der Waals surface area contributed by atoms with Crippen molar-refractivity contribution in [3.63, 3.8) is 0 Å². The minimum atomic E-state index is -4.97. The van der Waals surface area contributed by atoms with Gasteiger partial charge in [0.05, 0.1) is 5.92 Å². The molecular weight excluding hydrogens is 354 g/mol. The lowest BCUT2D eigenvalue weighted by atomic mass is 9.89. The van der Waals surface area contributed by atoms with Gasteiger partial charge in [-0.25, -0.2) is 0 Å². The summed E-state index contributed by atoms with van der Waals surface area (Å²) in [5.74, 6) is -3.06. The number of allylic oxidation sites excluding steroid dienone is 4. The smallest absolute Gasteiger partial charge is 0.457 e. The van der Waals surface area contributed by atoms with Gasteiger partial charge in [0.15, 0.2) is 11.5 Å². The summed E-state index contributed by atoms with van der Waals surface area (Å²) >= 11 is 0. The summed E-state index contributed by atoms with van der Waals surface area (Å²) < 4.78 is 84.7. The standard InChI is InChI=1S/C16H12F6O3/c1-9(23)11-8-10(15(17,18)19)6-7-12(11)24-13-4-2-3-5-14(13)25-16(20,21)22/h2-7,11H,8H2,1H3. The third kappa shape index (κ3) is 5.01. The van der Waals surface area contributed by atoms with E-state index in [2.05, 4.69) is 4.74 Å². The van der Waals surface area contributed by atoms with Crippen LogP contribution in [0.3, 0.4) is 0 Å². The Morgan fingerprint density at radius 1 is 1.04 bits per heavy atom. The number of ketones is 1. The molecule has 1 aromatic carbocycles. The first kappa shape index (κ1) is 18.9. The lowest BCUT2D eigenvalue weighted by molar-refractivity contribution is -0.275. The van der Waals surface area contributed by atoms with Crippen LogP contribution in [0.25, 0.3) is 0 Å². The van der Waals surface area contributed by atoms with Gasteiger partial charge in [0.1, 0.15) is 11.5 Å². The first-order valence-electron chi connectivity index (χ1n) is 6.98. The molecule has 0 spiro atoms. The highest BCUT2D eigenvalue weighted by Gasteiger charge is 2.39. The molecule has 0 bridgehead atoms. The molecule has 9 heteroatoms. The number of hydrogen-bond acceptors (Lipinski definition) is 3. The van der Waals surface area contributed by atoms with Gasteiger partial charge in [-0.2, -0.15) is 13.2 Å². The number of rotatable bonds is 4. The van der Waals surface area contributed by atoms with Gasteiger partial charge in [-0.15, -0.1) is 13.2 Å². The highest BCUT2D eigenvalue weighted by atomic mass is 19.4. The average Bonchev–Trinajstić information content (AvgIpc) is 2.46. The molecule has 0 saturated heterocycles. The molecule has 0 aliphatic heterocycles. The zero-order chi connectivity index (χ0) is 18.8. The molecule has 0 saturated carbocycles. The van der Waals surface area contributed by atoms with Crippen LogP contribution in [-0.4, -0.2) is 18.3 Å². The number of halogens is 6. The van der Waals surface area contributed by atoms with E-state index in [1.165, 1.54) is 12.1 Å². The molecule has 136 valence electrons. The summed E-state index contributed by atoms with van der Waals surface area (Å²) in [6.07, 6.45) is -8.55. The largest absolute Gasteiger partial charge is 0.573 e. The van der Waals surface area contributed by atoms with Crippen LogP contribution in [0.5, 0.6) is 11.5 Å². The maximum Gasteiger partial charge on any atom is 0.573 e. The molecule has 25 heavy (non-hydrogen) atoms. The number of hydrogen-bond donors (Lipinski definition) is 0. The van der Waals surface area contributed by atoms with Crippen molar-refractivity contribution >= 4 is 5.78 Å². The summed E-state index contributed by atoms with van der Waals surface area (Å²) in [6, 6.07) is 4.78. The fraction of sp³-hybridized carbons (Fsp3) is 0.312. The van der Waals surface area contributed by atoms with Gasteiger partial charge in [-0.1, -0.05) is 18.2 Å². The van der Waals surface area contributed by atoms with E-state index >= 15 is 0 Å². The number of carbonyl (C=O) groups excluding carboxylic acids is 1. The van der Waals surface area contributed by atoms with Gasteiger partial charge >= 0.3 is 12.5 Å². The van der Waals surface area contributed by atoms with Crippen molar-refractivity contribution in [2.45, 2.75) is 25.9 Å². The predicted molar refractivity (Wildman–Crippen MR) is 74.8 cm³/mol. The van der Waals surface area contributed by atoms with Gasteiger partial charge < -0.3 is 9.47 Å². The van der Waals surface area contributed by atoms with Crippen molar-refractivity contribution in [2.24, 2.45) is 5.92 Å². The minimum Gasteiger partial charge on any atom is -0.457 e. The van der Waals surface area contributed by atoms with Gasteiger partial charge in [0.2, 0.25) is 0 Å². The van der Waals surface area contributed by atoms with E-state index in [0.29, 0.717) is 0 Å². The number of alkyl halides is 6. The monoisotopic (exact) mass is 366 g/mol. The topological polar surface area (TPSA) is 35.5 Å². The Morgan fingerprint density at radius 2 is 1.64 bits per heavy atom. The fourth-order valence-electron chi connectivity index (χ4n) is 2.22. The second-order valence-corrected chi connectivity index (χ2v) is 5.22. The molecule has 0 fully saturated rings. The average molecular weight is 366 g/mol. The third-order valence-corrected chi connectivity index (χ3v) is 3.37. The van der Waals surface area contributed by atoms with E-state index in [1.807, 2.05) is 0 Å². The van der Waals surface area contributed by atoms with Crippen LogP contribution in [0.15, 0.2) is 47.7 Å². The number of ether oxygens (including phenoxy) is 2. The Balaban J connectivity index is 2.33. The highest BCUT2D eigenvalue weighted by Crippen LogP contribution is 2.39. The zero-order valence-electron chi connectivity index (χ0n) is 12.7. The molecule has 3 nitrogen and oxygen atoms in total. The summed E-state index contributed by atoms with van der Waals surface area (Å²) in [5, 5.41) is 0. The van der Waals surface area contributed by atoms with Crippen LogP contribution < -0.4 is 9.47 Å². The number of Topliss-reactive ketones (excluding diaryl/α,β-unsaturated/α-hetero) is 1. The van der Waals surface area contributed by atoms with Crippen molar-refractivity contribution < 1.29 is 40.6 Å². The van der Waals surface area contributed by atoms with Crippen molar-refractivity contribution in [3.05, 3.63) is 47.7 Å². The van der Waals surface area contributed by atoms with E-state index in [-0.39, 0.29) is 11.5 Å². The molecule has 0 radical (unpaired) electrons. The predicted octanol–water partition coefficient (Wildman–Crippen LogP) is 4.95. The molecule has 0 heterocycles. The Hall–Kier alpha value is -2.45. The second kappa shape index (κ2) is 6.81. The Labute approximate surface area is 138 Å². The first-order chi connectivity index (χ1) is 11.5. The fourth-order valence-corrected chi connectivity index (χ4v) is 2.22. The van der Waals surface area contributed by atoms with Crippen molar-refractivity contribution in [3.8, 4) is 11.5 Å². The second-order valence-electron chi connectivity index (χ2n) is 5.22. The lowest BCUT2D eigenvalue weighted by Gasteiger charge is -2.25. The highest BCUT2D eigenvalue weighted by molar-refractivity contribution is 5.81. The van der Waals surface area contributed by atoms with Gasteiger partial charge in [0, 0.05) is 5.57 Å². The van der Waals surface area contributed by atoms with E-state index in [0.717, 1.165) is 31.2 Å². The maximum absolute atomic E-state index is 12.8. The van der Waals surface area contributed by atoms with Crippen LogP contribution in [0.1, 0.15) is 13.3 Å². The van der Waals surface area contributed by atoms with Crippen LogP contribution in [-0.2, 0) is 4.79 Å². The quantitative estimate of drug-likeness (QED) is 0.708. The Morgan fingerprint density at radius 3 is 2.16 bits per heavy atom. The van der Waals surface area contributed by atoms with Crippen molar-refractivity contribution in [1.82, 2.24) is 0 Å². The van der Waals surface area contributed by atoms with Gasteiger partial charge in [-0.3, -0.25) is 4.79 Å². The Kier molecular flexibility index (Phi) is 5.15. The zero-order valence-corrected chi connectivity index (χ0v) is 12.7. The van der Waals surface area contributed by atoms with Crippen LogP contribution in [0.4, 0.5) is 26.3 Å². The maximum atomic E-state index is 12.8. The van der Waals surface area contributed by atoms with Crippen LogP contribution >= 0.6 is 0 Å². The van der Waals surface area contributed by atoms with Gasteiger partial charge in [0.25, 0.3) is 0 Å². The molecule has 1 unspecified atom stereocenters. The molecule has 0 N–H and O–H groups in total. The van der Waals surface area contributed by atoms with Gasteiger partial charge in [-0.05, 0) is 31.6 Å². The summed E-state index contributed by atoms with van der Waals surface area (Å²) in [7, 11) is 0. The molecule has 1 aromatic rings. The number of benzene rings is 1. The lowest BCUT2D eigenvalue weighted by Crippen LogP contribution is -2.25. The summed E-state index contributed by atoms with van der Waals surface area (Å²) in [6.45, 7) is 1.08. The van der Waals surface area contributed by atoms with E-state index < -0.39 is 42.0 Å². The van der Waals surface area contributed by atoms with Crippen molar-refractivity contribution in [1.29, 1.82) is 0 Å². The van der Waals surface area contributed by atoms with Crippen molar-refractivity contribution in [2.75, 3.05) is 0 Å². The molecule has 1 atom stereocenters. The molecule has 2 rings (SSSR count). The Bertz CT molecular complexity index is 715. The molecule has 1 aliphatic carbocycles. The minimum absolute atomic E-state index is 0.182. The normalized spacial score (nSPS) is 18.3. The molecule has 0 aromatic heterocycles. The molecule has 1 aliphatic rings. The van der Waals surface area contributed by atoms with Crippen LogP contribution in [0.2, 0.25) is 0 Å². The first-order valence-corrected chi connectivity index (χ1v) is 6.98. The van der Waals surface area contributed by atoms with E-state index in [9.17, 15) is 31.1 Å². The summed E-state index contributed by atoms with van der Waals surface area (Å²) in [4.78, 5) is 11.7. The summed E-state index contributed by atoms with van der Waals surface area (Å²) in [5.41, 5.74) is -0.917. The number of carbonyl (C=O) groups is 1. The van der Waals surface area contributed by atoms with E-state index in [4.69, 9.17) is 4.74 Å². The number of para-hydroxylation sites is 2. The molecule has 0 amide bonds. The molecular formula is C16H12F6O3. The van der Waals surface area contributed by atoms with Crippen LogP contribution in [0, 0.1) is 5.92 Å². The third-order valence-electron chi connectivity index (χ3n) is 3.37.